The second-order valence-electron chi connectivity index (χ2n) is 8.27. The zero-order valence-corrected chi connectivity index (χ0v) is 19.4. The molecule has 5 rings (SSSR count). The molecule has 4 heteroatoms. The molecule has 0 bridgehead atoms. The Balaban J connectivity index is 1.87. The summed E-state index contributed by atoms with van der Waals surface area (Å²) < 4.78 is 12.8. The van der Waals surface area contributed by atoms with E-state index in [1.807, 2.05) is 0 Å². The smallest absolute Gasteiger partial charge is 0.128 e. The van der Waals surface area contributed by atoms with Gasteiger partial charge < -0.3 is 9.47 Å². The van der Waals surface area contributed by atoms with Crippen LogP contribution in [0.3, 0.4) is 0 Å². The van der Waals surface area contributed by atoms with Crippen molar-refractivity contribution < 1.29 is 9.47 Å². The highest BCUT2D eigenvalue weighted by Crippen LogP contribution is 2.49. The number of rotatable bonds is 2. The van der Waals surface area contributed by atoms with Crippen LogP contribution in [0.1, 0.15) is 59.1 Å². The summed E-state index contributed by atoms with van der Waals surface area (Å²) in [7, 11) is 5.83. The van der Waals surface area contributed by atoms with E-state index in [0.29, 0.717) is 13.2 Å². The molecule has 2 aliphatic carbocycles. The summed E-state index contributed by atoms with van der Waals surface area (Å²) in [6.07, 6.45) is 14.7. The van der Waals surface area contributed by atoms with Crippen molar-refractivity contribution in [1.29, 1.82) is 0 Å². The van der Waals surface area contributed by atoms with E-state index in [-0.39, 0.29) is 0 Å². The van der Waals surface area contributed by atoms with Crippen LogP contribution in [0.5, 0.6) is 11.5 Å². The Hall–Kier alpha value is -1.36. The number of fused-ring (bicyclic) bond motifs is 7. The topological polar surface area (TPSA) is 18.5 Å². The molecule has 0 saturated heterocycles. The van der Waals surface area contributed by atoms with Gasteiger partial charge in [0.05, 0.1) is 13.2 Å². The van der Waals surface area contributed by atoms with Crippen molar-refractivity contribution in [3.8, 4) is 22.6 Å². The highest BCUT2D eigenvalue weighted by Gasteiger charge is 2.28. The molecule has 2 aromatic carbocycles. The van der Waals surface area contributed by atoms with Crippen molar-refractivity contribution >= 4 is 24.6 Å². The molecule has 1 aliphatic heterocycles. The van der Waals surface area contributed by atoms with Gasteiger partial charge in [-0.3, -0.25) is 0 Å². The van der Waals surface area contributed by atoms with Crippen LogP contribution in [-0.4, -0.2) is 13.2 Å². The average molecular weight is 424 g/mol. The van der Waals surface area contributed by atoms with Crippen molar-refractivity contribution in [2.45, 2.75) is 57.3 Å². The van der Waals surface area contributed by atoms with Crippen LogP contribution in [0.15, 0.2) is 18.2 Å². The molecule has 2 unspecified atom stereocenters. The van der Waals surface area contributed by atoms with Crippen LogP contribution >= 0.6 is 18.5 Å². The van der Waals surface area contributed by atoms with E-state index in [1.165, 1.54) is 58.2 Å². The van der Waals surface area contributed by atoms with Crippen LogP contribution in [0.4, 0.5) is 0 Å². The fourth-order valence-electron chi connectivity index (χ4n) is 5.23. The molecule has 2 atom stereocenters. The molecule has 0 amide bonds. The fourth-order valence-corrected chi connectivity index (χ4v) is 5.96. The standard InChI is InChI=1S/C25H30O2P2/c28-14-16-12-22-24(20-8-3-1-6-18(16)20)25-21-9-4-2-7-19(21)17(15-29)13-23(25)27-11-5-10-26-22/h3,8,12-13H,1-2,4-7,9-11,14-15,28-29H2. The van der Waals surface area contributed by atoms with Gasteiger partial charge in [0.15, 0.2) is 0 Å². The Morgan fingerprint density at radius 1 is 0.724 bits per heavy atom. The fraction of sp³-hybridized carbons (Fsp3) is 0.440. The Morgan fingerprint density at radius 2 is 1.38 bits per heavy atom. The maximum Gasteiger partial charge on any atom is 0.128 e. The number of benzene rings is 2. The van der Waals surface area contributed by atoms with Gasteiger partial charge >= 0.3 is 0 Å². The molecule has 0 spiro atoms. The predicted molar refractivity (Wildman–Crippen MR) is 128 cm³/mol. The first-order chi connectivity index (χ1) is 14.3. The Labute approximate surface area is 178 Å². The van der Waals surface area contributed by atoms with E-state index >= 15 is 0 Å². The number of hydrogen-bond acceptors (Lipinski definition) is 2. The van der Waals surface area contributed by atoms with Gasteiger partial charge in [-0.15, -0.1) is 18.5 Å². The maximum absolute atomic E-state index is 6.40. The first-order valence-corrected chi connectivity index (χ1v) is 12.6. The molecule has 1 heterocycles. The Morgan fingerprint density at radius 3 is 2.10 bits per heavy atom. The van der Waals surface area contributed by atoms with Crippen LogP contribution in [0.25, 0.3) is 17.2 Å². The van der Waals surface area contributed by atoms with Gasteiger partial charge in [-0.1, -0.05) is 12.2 Å². The molecule has 2 aromatic rings. The van der Waals surface area contributed by atoms with E-state index in [1.54, 1.807) is 5.56 Å². The third-order valence-corrected chi connectivity index (χ3v) is 7.46. The SMILES string of the molecule is PCc1cc2c(c3c1CCC=C3)-c1c(cc(CP)c3c1CCCC3)OCCCO2. The minimum Gasteiger partial charge on any atom is -0.493 e. The van der Waals surface area contributed by atoms with Crippen molar-refractivity contribution in [3.05, 3.63) is 51.6 Å². The number of allylic oxidation sites excluding steroid dienone is 1. The van der Waals surface area contributed by atoms with E-state index in [0.717, 1.165) is 49.5 Å². The van der Waals surface area contributed by atoms with Crippen molar-refractivity contribution in [1.82, 2.24) is 0 Å². The van der Waals surface area contributed by atoms with E-state index in [4.69, 9.17) is 9.47 Å². The summed E-state index contributed by atoms with van der Waals surface area (Å²) in [6, 6.07) is 4.64. The normalized spacial score (nSPS) is 17.4. The summed E-state index contributed by atoms with van der Waals surface area (Å²) in [5.41, 5.74) is 11.4. The zero-order valence-electron chi connectivity index (χ0n) is 17.1. The van der Waals surface area contributed by atoms with Gasteiger partial charge in [-0.05, 0) is 96.4 Å². The lowest BCUT2D eigenvalue weighted by molar-refractivity contribution is 0.252. The quantitative estimate of drug-likeness (QED) is 0.542. The van der Waals surface area contributed by atoms with Crippen molar-refractivity contribution in [3.63, 3.8) is 0 Å². The summed E-state index contributed by atoms with van der Waals surface area (Å²) in [4.78, 5) is 0. The molecule has 0 N–H and O–H groups in total. The molecular weight excluding hydrogens is 394 g/mol. The first kappa shape index (κ1) is 19.6. The minimum atomic E-state index is 0.707. The lowest BCUT2D eigenvalue weighted by Crippen LogP contribution is -2.11. The summed E-state index contributed by atoms with van der Waals surface area (Å²) in [6.45, 7) is 1.42. The Bertz CT molecular complexity index is 978. The monoisotopic (exact) mass is 424 g/mol. The summed E-state index contributed by atoms with van der Waals surface area (Å²) in [5.74, 6) is 2.11. The molecule has 3 aliphatic rings. The summed E-state index contributed by atoms with van der Waals surface area (Å²) >= 11 is 0. The maximum atomic E-state index is 6.40. The molecule has 0 radical (unpaired) electrons. The highest BCUT2D eigenvalue weighted by molar-refractivity contribution is 7.15. The first-order valence-electron chi connectivity index (χ1n) is 11.0. The number of ether oxygens (including phenoxy) is 2. The second-order valence-corrected chi connectivity index (χ2v) is 9.09. The molecule has 2 nitrogen and oxygen atoms in total. The molecule has 29 heavy (non-hydrogen) atoms. The minimum absolute atomic E-state index is 0.707. The van der Waals surface area contributed by atoms with Gasteiger partial charge in [0, 0.05) is 17.5 Å². The lowest BCUT2D eigenvalue weighted by atomic mass is 9.79. The van der Waals surface area contributed by atoms with Crippen LogP contribution in [-0.2, 0) is 31.6 Å². The Kier molecular flexibility index (Phi) is 5.68. The molecular formula is C25H30O2P2. The molecule has 0 aromatic heterocycles. The van der Waals surface area contributed by atoms with Crippen molar-refractivity contribution in [2.75, 3.05) is 13.2 Å². The largest absolute Gasteiger partial charge is 0.493 e. The van der Waals surface area contributed by atoms with Crippen LogP contribution in [0, 0.1) is 0 Å². The van der Waals surface area contributed by atoms with Gasteiger partial charge in [0.25, 0.3) is 0 Å². The van der Waals surface area contributed by atoms with Gasteiger partial charge in [-0.25, -0.2) is 0 Å². The van der Waals surface area contributed by atoms with E-state index in [2.05, 4.69) is 42.8 Å². The average Bonchev–Trinajstić information content (AvgIpc) is 2.86. The van der Waals surface area contributed by atoms with Gasteiger partial charge in [0.1, 0.15) is 11.5 Å². The molecule has 0 saturated carbocycles. The third kappa shape index (κ3) is 3.43. The number of hydrogen-bond donors (Lipinski definition) is 0. The summed E-state index contributed by atoms with van der Waals surface area (Å²) in [5, 5.41) is 0. The van der Waals surface area contributed by atoms with Gasteiger partial charge in [0.2, 0.25) is 0 Å². The molecule has 0 fully saturated rings. The molecule has 152 valence electrons. The highest BCUT2D eigenvalue weighted by atomic mass is 31.0. The van der Waals surface area contributed by atoms with Crippen LogP contribution in [0.2, 0.25) is 0 Å². The van der Waals surface area contributed by atoms with E-state index in [9.17, 15) is 0 Å². The van der Waals surface area contributed by atoms with Crippen molar-refractivity contribution in [2.24, 2.45) is 0 Å². The predicted octanol–water partition coefficient (Wildman–Crippen LogP) is 6.10. The van der Waals surface area contributed by atoms with E-state index < -0.39 is 0 Å². The third-order valence-electron chi connectivity index (χ3n) is 6.58. The van der Waals surface area contributed by atoms with Gasteiger partial charge in [-0.2, -0.15) is 0 Å². The van der Waals surface area contributed by atoms with Crippen LogP contribution < -0.4 is 9.47 Å². The second kappa shape index (κ2) is 8.41. The lowest BCUT2D eigenvalue weighted by Gasteiger charge is -2.28. The zero-order chi connectivity index (χ0) is 19.8.